The number of hydrogen-bond donors (Lipinski definition) is 1. The maximum atomic E-state index is 12.4. The van der Waals surface area contributed by atoms with Crippen molar-refractivity contribution in [2.75, 3.05) is 12.3 Å². The highest BCUT2D eigenvalue weighted by atomic mass is 32.2. The number of fused-ring (bicyclic) bond motifs is 1. The topological polar surface area (TPSA) is 55.1 Å². The molecule has 1 amide bonds. The highest BCUT2D eigenvalue weighted by Gasteiger charge is 2.16. The highest BCUT2D eigenvalue weighted by Crippen LogP contribution is 2.25. The van der Waals surface area contributed by atoms with Gasteiger partial charge in [-0.2, -0.15) is 0 Å². The summed E-state index contributed by atoms with van der Waals surface area (Å²) in [6.07, 6.45) is 0. The molecule has 1 aromatic heterocycles. The van der Waals surface area contributed by atoms with Crippen LogP contribution < -0.4 is 5.32 Å². The SMILES string of the molecule is O=C(CSc1nc2ccccc2o1)NCC(c1ccccc1)c1ccccc1. The second-order valence-electron chi connectivity index (χ2n) is 6.41. The van der Waals surface area contributed by atoms with Crippen LogP contribution in [-0.4, -0.2) is 23.2 Å². The molecule has 1 N–H and O–H groups in total. The van der Waals surface area contributed by atoms with E-state index < -0.39 is 0 Å². The summed E-state index contributed by atoms with van der Waals surface area (Å²) in [7, 11) is 0. The van der Waals surface area contributed by atoms with Crippen LogP contribution in [0.5, 0.6) is 0 Å². The molecule has 0 saturated heterocycles. The van der Waals surface area contributed by atoms with Crippen molar-refractivity contribution in [3.8, 4) is 0 Å². The Hall–Kier alpha value is -3.05. The predicted molar refractivity (Wildman–Crippen MR) is 112 cm³/mol. The van der Waals surface area contributed by atoms with Crippen molar-refractivity contribution in [2.45, 2.75) is 11.1 Å². The fourth-order valence-electron chi connectivity index (χ4n) is 3.11. The monoisotopic (exact) mass is 388 g/mol. The standard InChI is InChI=1S/C23H20N2O2S/c26-22(16-28-23-25-20-13-7-8-14-21(20)27-23)24-15-19(17-9-3-1-4-10-17)18-11-5-2-6-12-18/h1-14,19H,15-16H2,(H,24,26). The number of carbonyl (C=O) groups is 1. The van der Waals surface area contributed by atoms with E-state index in [2.05, 4.69) is 34.6 Å². The molecule has 4 nitrogen and oxygen atoms in total. The van der Waals surface area contributed by atoms with E-state index >= 15 is 0 Å². The number of nitrogens with zero attached hydrogens (tertiary/aromatic N) is 1. The number of thioether (sulfide) groups is 1. The Balaban J connectivity index is 1.38. The summed E-state index contributed by atoms with van der Waals surface area (Å²) in [5.74, 6) is 0.341. The summed E-state index contributed by atoms with van der Waals surface area (Å²) < 4.78 is 5.65. The normalized spacial score (nSPS) is 11.0. The largest absolute Gasteiger partial charge is 0.431 e. The Morgan fingerprint density at radius 3 is 2.14 bits per heavy atom. The van der Waals surface area contributed by atoms with Gasteiger partial charge in [0.2, 0.25) is 5.91 Å². The summed E-state index contributed by atoms with van der Waals surface area (Å²) >= 11 is 1.31. The van der Waals surface area contributed by atoms with Crippen LogP contribution in [0.4, 0.5) is 0 Å². The number of carbonyl (C=O) groups excluding carboxylic acids is 1. The van der Waals surface area contributed by atoms with E-state index in [0.29, 0.717) is 11.8 Å². The van der Waals surface area contributed by atoms with Crippen molar-refractivity contribution in [3.05, 3.63) is 96.1 Å². The second-order valence-corrected chi connectivity index (χ2v) is 7.34. The molecule has 0 atom stereocenters. The molecule has 5 heteroatoms. The lowest BCUT2D eigenvalue weighted by Crippen LogP contribution is -2.30. The summed E-state index contributed by atoms with van der Waals surface area (Å²) in [5.41, 5.74) is 3.90. The number of hydrogen-bond acceptors (Lipinski definition) is 4. The van der Waals surface area contributed by atoms with Gasteiger partial charge in [-0.3, -0.25) is 4.79 Å². The summed E-state index contributed by atoms with van der Waals surface area (Å²) in [5, 5.41) is 3.57. The summed E-state index contributed by atoms with van der Waals surface area (Å²) in [6.45, 7) is 0.543. The third-order valence-electron chi connectivity index (χ3n) is 4.51. The van der Waals surface area contributed by atoms with Gasteiger partial charge >= 0.3 is 0 Å². The highest BCUT2D eigenvalue weighted by molar-refractivity contribution is 7.99. The number of aromatic nitrogens is 1. The Kier molecular flexibility index (Phi) is 5.73. The Bertz CT molecular complexity index is 975. The molecule has 4 rings (SSSR count). The van der Waals surface area contributed by atoms with Crippen LogP contribution in [0.15, 0.2) is 94.6 Å². The number of nitrogens with one attached hydrogen (secondary N) is 1. The molecule has 0 aliphatic carbocycles. The maximum absolute atomic E-state index is 12.4. The van der Waals surface area contributed by atoms with E-state index in [9.17, 15) is 4.79 Å². The van der Waals surface area contributed by atoms with E-state index in [1.165, 1.54) is 22.9 Å². The quantitative estimate of drug-likeness (QED) is 0.459. The Morgan fingerprint density at radius 2 is 1.50 bits per heavy atom. The number of benzene rings is 3. The van der Waals surface area contributed by atoms with Crippen LogP contribution >= 0.6 is 11.8 Å². The van der Waals surface area contributed by atoms with E-state index in [1.54, 1.807) is 0 Å². The zero-order valence-corrected chi connectivity index (χ0v) is 16.1. The lowest BCUT2D eigenvalue weighted by Gasteiger charge is -2.18. The molecule has 0 radical (unpaired) electrons. The molecule has 0 aliphatic rings. The lowest BCUT2D eigenvalue weighted by molar-refractivity contribution is -0.118. The minimum Gasteiger partial charge on any atom is -0.431 e. The van der Waals surface area contributed by atoms with Gasteiger partial charge in [-0.1, -0.05) is 84.6 Å². The van der Waals surface area contributed by atoms with Crippen molar-refractivity contribution >= 4 is 28.8 Å². The molecular formula is C23H20N2O2S. The van der Waals surface area contributed by atoms with Crippen LogP contribution in [0.1, 0.15) is 17.0 Å². The molecule has 4 aromatic rings. The van der Waals surface area contributed by atoms with Crippen LogP contribution in [0, 0.1) is 0 Å². The van der Waals surface area contributed by atoms with Gasteiger partial charge in [0.15, 0.2) is 5.58 Å². The average Bonchev–Trinajstić information content (AvgIpc) is 3.17. The molecule has 0 unspecified atom stereocenters. The van der Waals surface area contributed by atoms with Crippen LogP contribution in [0.2, 0.25) is 0 Å². The van der Waals surface area contributed by atoms with Gasteiger partial charge in [0.05, 0.1) is 5.75 Å². The number of oxazole rings is 1. The maximum Gasteiger partial charge on any atom is 0.257 e. The zero-order chi connectivity index (χ0) is 19.2. The molecule has 0 spiro atoms. The minimum absolute atomic E-state index is 0.0379. The van der Waals surface area contributed by atoms with Gasteiger partial charge in [-0.15, -0.1) is 0 Å². The number of rotatable bonds is 7. The minimum atomic E-state index is -0.0379. The van der Waals surface area contributed by atoms with Crippen molar-refractivity contribution in [2.24, 2.45) is 0 Å². The van der Waals surface area contributed by atoms with Gasteiger partial charge in [0.25, 0.3) is 5.22 Å². The van der Waals surface area contributed by atoms with Crippen LogP contribution in [0.25, 0.3) is 11.1 Å². The Labute approximate surface area is 168 Å². The molecule has 1 heterocycles. The van der Waals surface area contributed by atoms with E-state index in [-0.39, 0.29) is 17.6 Å². The molecule has 140 valence electrons. The lowest BCUT2D eigenvalue weighted by atomic mass is 9.91. The van der Waals surface area contributed by atoms with E-state index in [1.807, 2.05) is 60.7 Å². The van der Waals surface area contributed by atoms with Gasteiger partial charge in [0, 0.05) is 12.5 Å². The van der Waals surface area contributed by atoms with Crippen LogP contribution in [-0.2, 0) is 4.79 Å². The molecule has 0 bridgehead atoms. The molecule has 28 heavy (non-hydrogen) atoms. The molecular weight excluding hydrogens is 368 g/mol. The van der Waals surface area contributed by atoms with Crippen molar-refractivity contribution < 1.29 is 9.21 Å². The summed E-state index contributed by atoms with van der Waals surface area (Å²) in [4.78, 5) is 16.8. The first-order chi connectivity index (χ1) is 13.8. The molecule has 0 saturated carbocycles. The van der Waals surface area contributed by atoms with Crippen molar-refractivity contribution in [1.82, 2.24) is 10.3 Å². The summed E-state index contributed by atoms with van der Waals surface area (Å²) in [6, 6.07) is 28.1. The molecule has 3 aromatic carbocycles. The molecule has 0 fully saturated rings. The third kappa shape index (κ3) is 4.43. The fraction of sp³-hybridized carbons (Fsp3) is 0.130. The average molecular weight is 388 g/mol. The first-order valence-corrected chi connectivity index (χ1v) is 10.1. The van der Waals surface area contributed by atoms with E-state index in [0.717, 1.165) is 11.1 Å². The van der Waals surface area contributed by atoms with Gasteiger partial charge in [-0.05, 0) is 23.3 Å². The van der Waals surface area contributed by atoms with E-state index in [4.69, 9.17) is 4.42 Å². The zero-order valence-electron chi connectivity index (χ0n) is 15.2. The van der Waals surface area contributed by atoms with Gasteiger partial charge < -0.3 is 9.73 Å². The Morgan fingerprint density at radius 1 is 0.893 bits per heavy atom. The third-order valence-corrected chi connectivity index (χ3v) is 5.34. The predicted octanol–water partition coefficient (Wildman–Crippen LogP) is 4.87. The molecule has 0 aliphatic heterocycles. The number of amides is 1. The van der Waals surface area contributed by atoms with Crippen molar-refractivity contribution in [1.29, 1.82) is 0 Å². The first kappa shape index (κ1) is 18.3. The van der Waals surface area contributed by atoms with Crippen LogP contribution in [0.3, 0.4) is 0 Å². The van der Waals surface area contributed by atoms with Gasteiger partial charge in [-0.25, -0.2) is 4.98 Å². The van der Waals surface area contributed by atoms with Crippen molar-refractivity contribution in [3.63, 3.8) is 0 Å². The fourth-order valence-corrected chi connectivity index (χ4v) is 3.77. The number of para-hydroxylation sites is 2. The second kappa shape index (κ2) is 8.76. The first-order valence-electron chi connectivity index (χ1n) is 9.14. The smallest absolute Gasteiger partial charge is 0.257 e. The van der Waals surface area contributed by atoms with Gasteiger partial charge in [0.1, 0.15) is 5.52 Å².